The quantitative estimate of drug-likeness (QED) is 0.368. The van der Waals surface area contributed by atoms with Crippen LogP contribution in [-0.2, 0) is 4.79 Å². The molecule has 0 aliphatic rings. The third-order valence-electron chi connectivity index (χ3n) is 2.87. The summed E-state index contributed by atoms with van der Waals surface area (Å²) in [7, 11) is 1.58. The molecule has 0 atom stereocenters. The molecule has 2 aromatic rings. The van der Waals surface area contributed by atoms with Crippen molar-refractivity contribution in [3.63, 3.8) is 0 Å². The van der Waals surface area contributed by atoms with E-state index in [4.69, 9.17) is 9.47 Å². The summed E-state index contributed by atoms with van der Waals surface area (Å²) in [5.74, 6) is 1.88. The molecule has 0 saturated heterocycles. The maximum atomic E-state index is 12.0. The van der Waals surface area contributed by atoms with Crippen LogP contribution in [-0.4, -0.2) is 35.6 Å². The molecule has 1 aromatic carbocycles. The van der Waals surface area contributed by atoms with Crippen molar-refractivity contribution < 1.29 is 14.3 Å². The molecule has 1 heterocycles. The van der Waals surface area contributed by atoms with Crippen molar-refractivity contribution in [2.75, 3.05) is 24.8 Å². The van der Waals surface area contributed by atoms with Gasteiger partial charge >= 0.3 is 0 Å². The summed E-state index contributed by atoms with van der Waals surface area (Å²) in [6.45, 7) is 4.48. The minimum atomic E-state index is -0.270. The van der Waals surface area contributed by atoms with Crippen LogP contribution < -0.4 is 14.8 Å². The zero-order valence-corrected chi connectivity index (χ0v) is 17.3. The van der Waals surface area contributed by atoms with Crippen LogP contribution in [0.3, 0.4) is 0 Å². The lowest BCUT2D eigenvalue weighted by Crippen LogP contribution is -2.07. The Hall–Kier alpha value is -1.58. The first-order valence-corrected chi connectivity index (χ1v) is 10.1. The molecule has 134 valence electrons. The highest BCUT2D eigenvalue weighted by Crippen LogP contribution is 2.37. The average molecular weight is 444 g/mol. The van der Waals surface area contributed by atoms with Crippen LogP contribution >= 0.6 is 39.0 Å². The van der Waals surface area contributed by atoms with Crippen LogP contribution in [0.5, 0.6) is 11.5 Å². The highest BCUT2D eigenvalue weighted by molar-refractivity contribution is 9.10. The van der Waals surface area contributed by atoms with E-state index >= 15 is 0 Å². The van der Waals surface area contributed by atoms with Crippen LogP contribution in [0.4, 0.5) is 5.13 Å². The third-order valence-corrected chi connectivity index (χ3v) is 5.32. The molecular weight excluding hydrogens is 426 g/mol. The Morgan fingerprint density at radius 1 is 1.40 bits per heavy atom. The van der Waals surface area contributed by atoms with Crippen molar-refractivity contribution >= 4 is 56.1 Å². The number of nitrogens with one attached hydrogen (secondary N) is 1. The van der Waals surface area contributed by atoms with Crippen LogP contribution in [0.2, 0.25) is 0 Å². The number of benzene rings is 1. The second-order valence-electron chi connectivity index (χ2n) is 4.60. The summed E-state index contributed by atoms with van der Waals surface area (Å²) in [6, 6.07) is 3.67. The molecule has 1 amide bonds. The van der Waals surface area contributed by atoms with Gasteiger partial charge in [-0.1, -0.05) is 30.0 Å². The molecule has 1 N–H and O–H groups in total. The highest BCUT2D eigenvalue weighted by atomic mass is 79.9. The maximum absolute atomic E-state index is 12.0. The Morgan fingerprint density at radius 2 is 2.20 bits per heavy atom. The van der Waals surface area contributed by atoms with Crippen molar-refractivity contribution in [1.82, 2.24) is 10.2 Å². The van der Waals surface area contributed by atoms with E-state index in [9.17, 15) is 4.79 Å². The molecule has 0 spiro atoms. The van der Waals surface area contributed by atoms with Crippen LogP contribution in [0, 0.1) is 0 Å². The maximum Gasteiger partial charge on any atom is 0.250 e. The van der Waals surface area contributed by atoms with Gasteiger partial charge in [-0.15, -0.1) is 10.2 Å². The van der Waals surface area contributed by atoms with Gasteiger partial charge in [0.25, 0.3) is 0 Å². The van der Waals surface area contributed by atoms with Crippen LogP contribution in [0.25, 0.3) is 6.08 Å². The van der Waals surface area contributed by atoms with E-state index in [-0.39, 0.29) is 5.91 Å². The number of rotatable bonds is 8. The molecule has 2 rings (SSSR count). The van der Waals surface area contributed by atoms with E-state index in [1.165, 1.54) is 17.4 Å². The largest absolute Gasteiger partial charge is 0.493 e. The number of ether oxygens (including phenoxy) is 2. The van der Waals surface area contributed by atoms with Gasteiger partial charge in [0.15, 0.2) is 15.8 Å². The monoisotopic (exact) mass is 443 g/mol. The topological polar surface area (TPSA) is 73.3 Å². The van der Waals surface area contributed by atoms with E-state index < -0.39 is 0 Å². The molecule has 0 saturated carbocycles. The first kappa shape index (κ1) is 19.7. The SMILES string of the molecule is CCOc1c(Br)cc(/C=C/C(=O)Nc2nnc(SCC)s2)cc1OC. The number of hydrogen-bond donors (Lipinski definition) is 1. The minimum absolute atomic E-state index is 0.270. The second-order valence-corrected chi connectivity index (χ2v) is 7.94. The summed E-state index contributed by atoms with van der Waals surface area (Å²) in [4.78, 5) is 12.0. The van der Waals surface area contributed by atoms with Gasteiger partial charge in [-0.3, -0.25) is 10.1 Å². The third kappa shape index (κ3) is 5.72. The van der Waals surface area contributed by atoms with Gasteiger partial charge in [-0.2, -0.15) is 0 Å². The predicted molar refractivity (Wildman–Crippen MR) is 106 cm³/mol. The number of methoxy groups -OCH3 is 1. The van der Waals surface area contributed by atoms with Crippen molar-refractivity contribution in [2.45, 2.75) is 18.2 Å². The highest BCUT2D eigenvalue weighted by Gasteiger charge is 2.11. The number of amides is 1. The summed E-state index contributed by atoms with van der Waals surface area (Å²) in [5, 5.41) is 11.1. The van der Waals surface area contributed by atoms with Gasteiger partial charge in [0.2, 0.25) is 11.0 Å². The van der Waals surface area contributed by atoms with E-state index in [1.54, 1.807) is 31.0 Å². The number of hydrogen-bond acceptors (Lipinski definition) is 7. The smallest absolute Gasteiger partial charge is 0.250 e. The average Bonchev–Trinajstić information content (AvgIpc) is 3.02. The molecular formula is C16H18BrN3O3S2. The van der Waals surface area contributed by atoms with Crippen molar-refractivity contribution in [3.8, 4) is 11.5 Å². The van der Waals surface area contributed by atoms with Crippen molar-refractivity contribution in [2.24, 2.45) is 0 Å². The zero-order chi connectivity index (χ0) is 18.2. The molecule has 0 radical (unpaired) electrons. The van der Waals surface area contributed by atoms with Gasteiger partial charge in [0.05, 0.1) is 18.2 Å². The fourth-order valence-electron chi connectivity index (χ4n) is 1.88. The number of halogens is 1. The van der Waals surface area contributed by atoms with Gasteiger partial charge in [0.1, 0.15) is 0 Å². The predicted octanol–water partition coefficient (Wildman–Crippen LogP) is 4.47. The van der Waals surface area contributed by atoms with E-state index in [1.807, 2.05) is 19.9 Å². The molecule has 0 unspecified atom stereocenters. The number of thioether (sulfide) groups is 1. The Kier molecular flexibility index (Phi) is 7.73. The molecule has 1 aromatic heterocycles. The zero-order valence-electron chi connectivity index (χ0n) is 14.0. The fraction of sp³-hybridized carbons (Fsp3) is 0.312. The van der Waals surface area contributed by atoms with E-state index in [0.29, 0.717) is 23.2 Å². The van der Waals surface area contributed by atoms with E-state index in [2.05, 4.69) is 31.4 Å². The minimum Gasteiger partial charge on any atom is -0.493 e. The van der Waals surface area contributed by atoms with Crippen LogP contribution in [0.1, 0.15) is 19.4 Å². The van der Waals surface area contributed by atoms with Gasteiger partial charge < -0.3 is 9.47 Å². The molecule has 6 nitrogen and oxygen atoms in total. The molecule has 9 heteroatoms. The molecule has 0 aliphatic heterocycles. The lowest BCUT2D eigenvalue weighted by molar-refractivity contribution is -0.111. The first-order valence-electron chi connectivity index (χ1n) is 7.53. The van der Waals surface area contributed by atoms with Gasteiger partial charge in [-0.25, -0.2) is 0 Å². The number of carbonyl (C=O) groups excluding carboxylic acids is 1. The standard InChI is InChI=1S/C16H18BrN3O3S2/c1-4-23-14-11(17)8-10(9-12(14)22-3)6-7-13(21)18-15-19-20-16(25-15)24-5-2/h6-9H,4-5H2,1-3H3,(H,18,19,21)/b7-6+. The summed E-state index contributed by atoms with van der Waals surface area (Å²) in [6.07, 6.45) is 3.14. The number of carbonyl (C=O) groups is 1. The van der Waals surface area contributed by atoms with Crippen molar-refractivity contribution in [1.29, 1.82) is 0 Å². The Balaban J connectivity index is 2.07. The first-order chi connectivity index (χ1) is 12.1. The number of nitrogens with zero attached hydrogens (tertiary/aromatic N) is 2. The summed E-state index contributed by atoms with van der Waals surface area (Å²) < 4.78 is 12.5. The molecule has 0 aliphatic carbocycles. The molecule has 0 bridgehead atoms. The number of anilines is 1. The molecule has 25 heavy (non-hydrogen) atoms. The van der Waals surface area contributed by atoms with E-state index in [0.717, 1.165) is 20.1 Å². The van der Waals surface area contributed by atoms with Crippen molar-refractivity contribution in [3.05, 3.63) is 28.2 Å². The Morgan fingerprint density at radius 3 is 2.88 bits per heavy atom. The molecule has 0 fully saturated rings. The normalized spacial score (nSPS) is 10.9. The summed E-state index contributed by atoms with van der Waals surface area (Å²) >= 11 is 6.40. The Labute approximate surface area is 163 Å². The fourth-order valence-corrected chi connectivity index (χ4v) is 4.11. The number of aromatic nitrogens is 2. The lowest BCUT2D eigenvalue weighted by Gasteiger charge is -2.12. The van der Waals surface area contributed by atoms with Gasteiger partial charge in [0, 0.05) is 6.08 Å². The lowest BCUT2D eigenvalue weighted by atomic mass is 10.2. The Bertz CT molecular complexity index is 765. The van der Waals surface area contributed by atoms with Gasteiger partial charge in [-0.05, 0) is 52.4 Å². The summed E-state index contributed by atoms with van der Waals surface area (Å²) in [5.41, 5.74) is 0.807. The second kappa shape index (κ2) is 9.79. The van der Waals surface area contributed by atoms with Crippen LogP contribution in [0.15, 0.2) is 27.0 Å².